The summed E-state index contributed by atoms with van der Waals surface area (Å²) in [5.41, 5.74) is 0.476. The van der Waals surface area contributed by atoms with Gasteiger partial charge in [0.2, 0.25) is 0 Å². The van der Waals surface area contributed by atoms with Crippen molar-refractivity contribution in [3.63, 3.8) is 0 Å². The van der Waals surface area contributed by atoms with Gasteiger partial charge in [0.05, 0.1) is 0 Å². The van der Waals surface area contributed by atoms with Crippen LogP contribution in [0.4, 0.5) is 4.39 Å². The standard InChI is InChI=1S/C20H28FN3O/c21-19-5-3-4-16(12-19)20(25)24-14-17-6-9-23(13-18(17)15-24)11-10-22-7-1-2-8-22/h3-5,12,17-18H,1-2,6-11,13-15H2/t17-,18-/m0/s1. The highest BCUT2D eigenvalue weighted by molar-refractivity contribution is 5.94. The van der Waals surface area contributed by atoms with E-state index in [-0.39, 0.29) is 11.7 Å². The fraction of sp³-hybridized carbons (Fsp3) is 0.650. The number of carbonyl (C=O) groups is 1. The molecule has 3 fully saturated rings. The van der Waals surface area contributed by atoms with Gasteiger partial charge in [-0.1, -0.05) is 6.07 Å². The lowest BCUT2D eigenvalue weighted by atomic mass is 9.89. The molecule has 3 heterocycles. The maximum Gasteiger partial charge on any atom is 0.253 e. The highest BCUT2D eigenvalue weighted by Gasteiger charge is 2.39. The zero-order valence-corrected chi connectivity index (χ0v) is 14.9. The van der Waals surface area contributed by atoms with Crippen molar-refractivity contribution in [3.8, 4) is 0 Å². The Bertz CT molecular complexity index is 617. The summed E-state index contributed by atoms with van der Waals surface area (Å²) in [6.07, 6.45) is 3.88. The van der Waals surface area contributed by atoms with E-state index in [0.717, 1.165) is 32.7 Å². The number of hydrogen-bond donors (Lipinski definition) is 0. The summed E-state index contributed by atoms with van der Waals surface area (Å²) in [7, 11) is 0. The molecule has 0 N–H and O–H groups in total. The molecule has 0 saturated carbocycles. The number of fused-ring (bicyclic) bond motifs is 1. The Morgan fingerprint density at radius 3 is 2.56 bits per heavy atom. The summed E-state index contributed by atoms with van der Waals surface area (Å²) < 4.78 is 13.4. The van der Waals surface area contributed by atoms with Gasteiger partial charge in [0.1, 0.15) is 5.82 Å². The number of rotatable bonds is 4. The normalized spacial score (nSPS) is 27.6. The Labute approximate surface area is 149 Å². The minimum atomic E-state index is -0.337. The Balaban J connectivity index is 1.31. The SMILES string of the molecule is O=C(c1cccc(F)c1)N1C[C@@H]2CCN(CCN3CCCC3)C[C@H]2C1. The molecule has 0 radical (unpaired) electrons. The molecule has 0 bridgehead atoms. The van der Waals surface area contributed by atoms with Gasteiger partial charge in [0, 0.05) is 38.3 Å². The van der Waals surface area contributed by atoms with Crippen LogP contribution >= 0.6 is 0 Å². The van der Waals surface area contributed by atoms with Gasteiger partial charge in [0.25, 0.3) is 5.91 Å². The van der Waals surface area contributed by atoms with E-state index in [1.807, 2.05) is 4.90 Å². The maximum atomic E-state index is 13.4. The number of amides is 1. The second kappa shape index (κ2) is 7.42. The molecular weight excluding hydrogens is 317 g/mol. The molecule has 1 amide bonds. The minimum Gasteiger partial charge on any atom is -0.338 e. The summed E-state index contributed by atoms with van der Waals surface area (Å²) in [4.78, 5) is 19.8. The molecular formula is C20H28FN3O. The fourth-order valence-electron chi connectivity index (χ4n) is 4.71. The van der Waals surface area contributed by atoms with Crippen LogP contribution in [-0.4, -0.2) is 73.0 Å². The first kappa shape index (κ1) is 17.0. The van der Waals surface area contributed by atoms with E-state index in [0.29, 0.717) is 17.4 Å². The Kier molecular flexibility index (Phi) is 5.04. The molecule has 1 aromatic rings. The fourth-order valence-corrected chi connectivity index (χ4v) is 4.71. The van der Waals surface area contributed by atoms with E-state index in [1.165, 1.54) is 51.0 Å². The van der Waals surface area contributed by atoms with E-state index >= 15 is 0 Å². The van der Waals surface area contributed by atoms with Gasteiger partial charge in [-0.25, -0.2) is 4.39 Å². The highest BCUT2D eigenvalue weighted by Crippen LogP contribution is 2.32. The molecule has 4 rings (SSSR count). The van der Waals surface area contributed by atoms with E-state index in [4.69, 9.17) is 0 Å². The number of likely N-dealkylation sites (tertiary alicyclic amines) is 3. The zero-order chi connectivity index (χ0) is 17.2. The minimum absolute atomic E-state index is 0.0162. The van der Waals surface area contributed by atoms with Crippen LogP contribution in [0.1, 0.15) is 29.6 Å². The number of nitrogens with zero attached hydrogens (tertiary/aromatic N) is 3. The van der Waals surface area contributed by atoms with Crippen molar-refractivity contribution in [1.82, 2.24) is 14.7 Å². The van der Waals surface area contributed by atoms with Crippen LogP contribution in [0.5, 0.6) is 0 Å². The molecule has 0 aliphatic carbocycles. The summed E-state index contributed by atoms with van der Waals surface area (Å²) in [6, 6.07) is 6.08. The number of piperidine rings is 1. The Morgan fingerprint density at radius 2 is 1.76 bits per heavy atom. The van der Waals surface area contributed by atoms with Gasteiger partial charge in [-0.2, -0.15) is 0 Å². The van der Waals surface area contributed by atoms with Gasteiger partial charge >= 0.3 is 0 Å². The molecule has 136 valence electrons. The molecule has 0 aromatic heterocycles. The smallest absolute Gasteiger partial charge is 0.253 e. The lowest BCUT2D eigenvalue weighted by Crippen LogP contribution is -2.43. The summed E-state index contributed by atoms with van der Waals surface area (Å²) in [5.74, 6) is 0.832. The van der Waals surface area contributed by atoms with Gasteiger partial charge in [-0.05, 0) is 68.9 Å². The zero-order valence-electron chi connectivity index (χ0n) is 14.9. The monoisotopic (exact) mass is 345 g/mol. The van der Waals surface area contributed by atoms with Crippen LogP contribution in [0.25, 0.3) is 0 Å². The van der Waals surface area contributed by atoms with Crippen LogP contribution in [0, 0.1) is 17.7 Å². The summed E-state index contributed by atoms with van der Waals surface area (Å²) >= 11 is 0. The number of benzene rings is 1. The molecule has 3 aliphatic rings. The van der Waals surface area contributed by atoms with Crippen molar-refractivity contribution >= 4 is 5.91 Å². The van der Waals surface area contributed by atoms with Crippen molar-refractivity contribution < 1.29 is 9.18 Å². The van der Waals surface area contributed by atoms with E-state index in [1.54, 1.807) is 12.1 Å². The molecule has 0 unspecified atom stereocenters. The number of halogens is 1. The van der Waals surface area contributed by atoms with Gasteiger partial charge in [-0.15, -0.1) is 0 Å². The summed E-state index contributed by atoms with van der Waals surface area (Å²) in [5, 5.41) is 0. The predicted octanol–water partition coefficient (Wildman–Crippen LogP) is 2.32. The molecule has 0 spiro atoms. The third-order valence-electron chi connectivity index (χ3n) is 6.18. The summed E-state index contributed by atoms with van der Waals surface area (Å²) in [6.45, 7) is 8.76. The Morgan fingerprint density at radius 1 is 1.00 bits per heavy atom. The first-order valence-electron chi connectivity index (χ1n) is 9.68. The van der Waals surface area contributed by atoms with Crippen LogP contribution in [0.2, 0.25) is 0 Å². The largest absolute Gasteiger partial charge is 0.338 e. The lowest BCUT2D eigenvalue weighted by Gasteiger charge is -2.35. The van der Waals surface area contributed by atoms with Crippen molar-refractivity contribution in [2.45, 2.75) is 19.3 Å². The van der Waals surface area contributed by atoms with Crippen molar-refractivity contribution in [2.24, 2.45) is 11.8 Å². The topological polar surface area (TPSA) is 26.8 Å². The molecule has 4 nitrogen and oxygen atoms in total. The van der Waals surface area contributed by atoms with Gasteiger partial charge in [-0.3, -0.25) is 4.79 Å². The molecule has 2 atom stereocenters. The number of carbonyl (C=O) groups excluding carboxylic acids is 1. The highest BCUT2D eigenvalue weighted by atomic mass is 19.1. The average Bonchev–Trinajstić information content (AvgIpc) is 3.28. The molecule has 1 aromatic carbocycles. The third kappa shape index (κ3) is 3.87. The Hall–Kier alpha value is -1.46. The first-order chi connectivity index (χ1) is 12.2. The second-order valence-electron chi connectivity index (χ2n) is 7.88. The first-order valence-corrected chi connectivity index (χ1v) is 9.68. The van der Waals surface area contributed by atoms with E-state index < -0.39 is 0 Å². The van der Waals surface area contributed by atoms with Crippen molar-refractivity contribution in [1.29, 1.82) is 0 Å². The van der Waals surface area contributed by atoms with Gasteiger partial charge in [0.15, 0.2) is 0 Å². The van der Waals surface area contributed by atoms with Crippen LogP contribution < -0.4 is 0 Å². The maximum absolute atomic E-state index is 13.4. The van der Waals surface area contributed by atoms with Crippen LogP contribution in [0.15, 0.2) is 24.3 Å². The third-order valence-corrected chi connectivity index (χ3v) is 6.18. The molecule has 3 aliphatic heterocycles. The quantitative estimate of drug-likeness (QED) is 0.838. The lowest BCUT2D eigenvalue weighted by molar-refractivity contribution is 0.0783. The second-order valence-corrected chi connectivity index (χ2v) is 7.88. The van der Waals surface area contributed by atoms with Crippen molar-refractivity contribution in [2.75, 3.05) is 52.4 Å². The van der Waals surface area contributed by atoms with Gasteiger partial charge < -0.3 is 14.7 Å². The predicted molar refractivity (Wildman–Crippen MR) is 96.0 cm³/mol. The van der Waals surface area contributed by atoms with Crippen molar-refractivity contribution in [3.05, 3.63) is 35.6 Å². The van der Waals surface area contributed by atoms with Crippen LogP contribution in [0.3, 0.4) is 0 Å². The average molecular weight is 345 g/mol. The van der Waals surface area contributed by atoms with E-state index in [2.05, 4.69) is 9.80 Å². The molecule has 3 saturated heterocycles. The van der Waals surface area contributed by atoms with Crippen LogP contribution in [-0.2, 0) is 0 Å². The van der Waals surface area contributed by atoms with E-state index in [9.17, 15) is 9.18 Å². The number of hydrogen-bond acceptors (Lipinski definition) is 3. The molecule has 25 heavy (non-hydrogen) atoms. The molecule has 5 heteroatoms.